The molecule has 1 fully saturated rings. The molecule has 2 heterocycles. The van der Waals surface area contributed by atoms with E-state index < -0.39 is 0 Å². The third-order valence-corrected chi connectivity index (χ3v) is 6.06. The van der Waals surface area contributed by atoms with Crippen molar-refractivity contribution in [3.05, 3.63) is 77.7 Å². The van der Waals surface area contributed by atoms with E-state index in [1.54, 1.807) is 13.0 Å². The minimum Gasteiger partial charge on any atom is -0.461 e. The molecule has 5 nitrogen and oxygen atoms in total. The van der Waals surface area contributed by atoms with Gasteiger partial charge in [-0.25, -0.2) is 9.78 Å². The first-order valence-corrected chi connectivity index (χ1v) is 11.4. The summed E-state index contributed by atoms with van der Waals surface area (Å²) in [6, 6.07) is 5.55. The fraction of sp³-hybridized carbons (Fsp3) is 0.462. The molecule has 0 N–H and O–H groups in total. The lowest BCUT2D eigenvalue weighted by Crippen LogP contribution is -2.32. The molecular weight excluding hydrogens is 388 g/mol. The maximum Gasteiger partial charge on any atom is 0.356 e. The zero-order valence-electron chi connectivity index (χ0n) is 18.3. The number of ether oxygens (including phenoxy) is 2. The summed E-state index contributed by atoms with van der Waals surface area (Å²) in [5.41, 5.74) is 2.68. The average Bonchev–Trinajstić information content (AvgIpc) is 3.26. The summed E-state index contributed by atoms with van der Waals surface area (Å²) in [5, 5.41) is 0. The van der Waals surface area contributed by atoms with E-state index in [4.69, 9.17) is 9.47 Å². The van der Waals surface area contributed by atoms with Crippen LogP contribution in [0.15, 0.2) is 66.3 Å². The molecule has 0 bridgehead atoms. The summed E-state index contributed by atoms with van der Waals surface area (Å²) in [4.78, 5) is 18.8. The molecule has 3 atom stereocenters. The van der Waals surface area contributed by atoms with E-state index in [0.29, 0.717) is 18.2 Å². The van der Waals surface area contributed by atoms with Crippen LogP contribution in [0.25, 0.3) is 0 Å². The lowest BCUT2D eigenvalue weighted by atomic mass is 9.86. The highest BCUT2D eigenvalue weighted by molar-refractivity contribution is 5.87. The number of pyridine rings is 1. The summed E-state index contributed by atoms with van der Waals surface area (Å²) in [7, 11) is 0. The Bertz CT molecular complexity index is 886. The fourth-order valence-corrected chi connectivity index (χ4v) is 4.52. The molecular formula is C26H32N2O3. The minimum atomic E-state index is -0.362. The van der Waals surface area contributed by atoms with Gasteiger partial charge in [0, 0.05) is 25.6 Å². The number of likely N-dealkylation sites (tertiary alicyclic amines) is 1. The second-order valence-corrected chi connectivity index (χ2v) is 8.36. The molecule has 0 aromatic carbocycles. The van der Waals surface area contributed by atoms with E-state index in [-0.39, 0.29) is 18.2 Å². The Kier molecular flexibility index (Phi) is 7.49. The lowest BCUT2D eigenvalue weighted by molar-refractivity contribution is -0.00894. The quantitative estimate of drug-likeness (QED) is 0.574. The summed E-state index contributed by atoms with van der Waals surface area (Å²) in [6.45, 7) is 4.74. The number of esters is 1. The van der Waals surface area contributed by atoms with Gasteiger partial charge >= 0.3 is 5.97 Å². The molecule has 31 heavy (non-hydrogen) atoms. The maximum atomic E-state index is 12.0. The predicted molar refractivity (Wildman–Crippen MR) is 122 cm³/mol. The highest BCUT2D eigenvalue weighted by Gasteiger charge is 2.31. The number of nitrogens with zero attached hydrogens (tertiary/aromatic N) is 2. The molecule has 164 valence electrons. The first kappa shape index (κ1) is 21.7. The van der Waals surface area contributed by atoms with Gasteiger partial charge in [-0.15, -0.1) is 0 Å². The molecule has 1 aromatic rings. The van der Waals surface area contributed by atoms with Crippen molar-refractivity contribution in [3.8, 4) is 0 Å². The van der Waals surface area contributed by atoms with Crippen LogP contribution in [0.4, 0.5) is 0 Å². The molecule has 1 aliphatic heterocycles. The van der Waals surface area contributed by atoms with E-state index in [0.717, 1.165) is 51.0 Å². The van der Waals surface area contributed by atoms with E-state index >= 15 is 0 Å². The monoisotopic (exact) mass is 420 g/mol. The van der Waals surface area contributed by atoms with E-state index in [2.05, 4.69) is 52.4 Å². The van der Waals surface area contributed by atoms with Crippen LogP contribution in [0.1, 0.15) is 48.8 Å². The highest BCUT2D eigenvalue weighted by atomic mass is 16.5. The largest absolute Gasteiger partial charge is 0.461 e. The van der Waals surface area contributed by atoms with Crippen molar-refractivity contribution in [3.63, 3.8) is 0 Å². The van der Waals surface area contributed by atoms with Crippen LogP contribution in [0, 0.1) is 5.92 Å². The zero-order chi connectivity index (χ0) is 21.5. The van der Waals surface area contributed by atoms with Crippen LogP contribution in [0.5, 0.6) is 0 Å². The molecule has 1 saturated heterocycles. The molecule has 0 radical (unpaired) electrons. The number of rotatable bonds is 8. The Hall–Kier alpha value is -2.50. The van der Waals surface area contributed by atoms with Crippen molar-refractivity contribution in [1.29, 1.82) is 0 Å². The summed E-state index contributed by atoms with van der Waals surface area (Å²) in [6.07, 6.45) is 20.0. The molecule has 2 unspecified atom stereocenters. The molecule has 1 aromatic heterocycles. The summed E-state index contributed by atoms with van der Waals surface area (Å²) >= 11 is 0. The highest BCUT2D eigenvalue weighted by Crippen LogP contribution is 2.31. The molecule has 4 rings (SSSR count). The number of hydrogen-bond donors (Lipinski definition) is 0. The third kappa shape index (κ3) is 5.81. The van der Waals surface area contributed by atoms with Crippen molar-refractivity contribution in [1.82, 2.24) is 9.88 Å². The lowest BCUT2D eigenvalue weighted by Gasteiger charge is -2.31. The first-order chi connectivity index (χ1) is 15.2. The van der Waals surface area contributed by atoms with Crippen LogP contribution in [-0.2, 0) is 16.0 Å². The van der Waals surface area contributed by atoms with Crippen molar-refractivity contribution >= 4 is 5.97 Å². The van der Waals surface area contributed by atoms with Gasteiger partial charge in [0.25, 0.3) is 0 Å². The molecule has 5 heteroatoms. The molecule has 2 aliphatic carbocycles. The number of aromatic nitrogens is 1. The van der Waals surface area contributed by atoms with Crippen molar-refractivity contribution < 1.29 is 14.3 Å². The smallest absolute Gasteiger partial charge is 0.356 e. The van der Waals surface area contributed by atoms with E-state index in [9.17, 15) is 4.79 Å². The Morgan fingerprint density at radius 1 is 1.26 bits per heavy atom. The first-order valence-electron chi connectivity index (χ1n) is 11.4. The van der Waals surface area contributed by atoms with Crippen molar-refractivity contribution in [2.45, 2.75) is 51.4 Å². The Labute approximate surface area is 185 Å². The van der Waals surface area contributed by atoms with Crippen LogP contribution in [-0.4, -0.2) is 47.8 Å². The van der Waals surface area contributed by atoms with Gasteiger partial charge in [-0.2, -0.15) is 0 Å². The van der Waals surface area contributed by atoms with Gasteiger partial charge in [0.2, 0.25) is 0 Å². The maximum absolute atomic E-state index is 12.0. The van der Waals surface area contributed by atoms with E-state index in [1.807, 2.05) is 12.1 Å². The Balaban J connectivity index is 1.37. The Morgan fingerprint density at radius 2 is 2.19 bits per heavy atom. The second kappa shape index (κ2) is 10.7. The number of carbonyl (C=O) groups excluding carboxylic acids is 1. The molecule has 3 aliphatic rings. The van der Waals surface area contributed by atoms with Gasteiger partial charge in [0.1, 0.15) is 5.69 Å². The molecule has 0 spiro atoms. The van der Waals surface area contributed by atoms with Crippen LogP contribution >= 0.6 is 0 Å². The van der Waals surface area contributed by atoms with Crippen LogP contribution < -0.4 is 0 Å². The number of allylic oxidation sites excluding steroid dienone is 6. The third-order valence-electron chi connectivity index (χ3n) is 6.06. The number of carbonyl (C=O) groups is 1. The normalized spacial score (nSPS) is 24.2. The summed E-state index contributed by atoms with van der Waals surface area (Å²) < 4.78 is 11.8. The predicted octanol–water partition coefficient (Wildman–Crippen LogP) is 4.63. The van der Waals surface area contributed by atoms with Gasteiger partial charge in [-0.1, -0.05) is 48.6 Å². The zero-order valence-corrected chi connectivity index (χ0v) is 18.3. The summed E-state index contributed by atoms with van der Waals surface area (Å²) in [5.74, 6) is 0.0407. The van der Waals surface area contributed by atoms with Gasteiger partial charge in [0.15, 0.2) is 0 Å². The minimum absolute atomic E-state index is 0.140. The second-order valence-electron chi connectivity index (χ2n) is 8.36. The van der Waals surface area contributed by atoms with Crippen molar-refractivity contribution in [2.75, 3.05) is 19.7 Å². The van der Waals surface area contributed by atoms with Gasteiger partial charge in [0.05, 0.1) is 24.5 Å². The average molecular weight is 421 g/mol. The van der Waals surface area contributed by atoms with Crippen LogP contribution in [0.2, 0.25) is 0 Å². The van der Waals surface area contributed by atoms with Crippen LogP contribution in [0.3, 0.4) is 0 Å². The van der Waals surface area contributed by atoms with Gasteiger partial charge < -0.3 is 9.47 Å². The molecule has 0 amide bonds. The molecule has 0 saturated carbocycles. The van der Waals surface area contributed by atoms with Gasteiger partial charge in [-0.05, 0) is 50.3 Å². The Morgan fingerprint density at radius 3 is 2.97 bits per heavy atom. The topological polar surface area (TPSA) is 51.7 Å². The SMILES string of the molecule is CCOC(=O)c1cccc(CN2CC[C@@H](OC(C3=CC=CCC3)C3C=CC=CC3)C2)n1. The number of hydrogen-bond acceptors (Lipinski definition) is 5. The van der Waals surface area contributed by atoms with E-state index in [1.165, 1.54) is 5.57 Å². The standard InChI is InChI=1S/C26H32N2O3/c1-2-30-26(29)24-15-9-14-22(27-24)18-28-17-16-23(19-28)31-25(20-10-5-3-6-11-20)21-12-7-4-8-13-21/h3-7,9-10,12,14-15,20,23,25H,2,8,11,13,16-19H2,1H3/t20?,23-,25?/m1/s1. The van der Waals surface area contributed by atoms with Gasteiger partial charge in [-0.3, -0.25) is 4.90 Å². The fourth-order valence-electron chi connectivity index (χ4n) is 4.52. The van der Waals surface area contributed by atoms with Crippen molar-refractivity contribution in [2.24, 2.45) is 5.92 Å².